The topological polar surface area (TPSA) is 73.2 Å². The first-order valence-electron chi connectivity index (χ1n) is 11.1. The van der Waals surface area contributed by atoms with Crippen molar-refractivity contribution in [3.63, 3.8) is 0 Å². The van der Waals surface area contributed by atoms with Crippen LogP contribution in [0.25, 0.3) is 0 Å². The van der Waals surface area contributed by atoms with Crippen molar-refractivity contribution < 1.29 is 20.1 Å². The Morgan fingerprint density at radius 2 is 1.15 bits per heavy atom. The summed E-state index contributed by atoms with van der Waals surface area (Å²) in [6.45, 7) is 9.74. The summed E-state index contributed by atoms with van der Waals surface area (Å²) in [6.07, 6.45) is 0. The van der Waals surface area contributed by atoms with E-state index in [1.807, 2.05) is 75.9 Å². The molecule has 5 nitrogen and oxygen atoms in total. The minimum Gasteiger partial charge on any atom is -0.508 e. The van der Waals surface area contributed by atoms with Gasteiger partial charge in [-0.05, 0) is 105 Å². The summed E-state index contributed by atoms with van der Waals surface area (Å²) in [5.74, 6) is 1.50. The van der Waals surface area contributed by atoms with Gasteiger partial charge < -0.3 is 20.1 Å². The summed E-state index contributed by atoms with van der Waals surface area (Å²) in [4.78, 5) is 1.86. The molecule has 4 aromatic carbocycles. The van der Waals surface area contributed by atoms with Crippen molar-refractivity contribution in [2.24, 2.45) is 0 Å². The van der Waals surface area contributed by atoms with E-state index in [1.54, 1.807) is 30.3 Å². The first-order valence-corrected chi connectivity index (χ1v) is 11.1. The second-order valence-corrected chi connectivity index (χ2v) is 8.61. The van der Waals surface area contributed by atoms with Gasteiger partial charge >= 0.3 is 0 Å². The highest BCUT2D eigenvalue weighted by Crippen LogP contribution is 2.50. The maximum Gasteiger partial charge on any atom is 0.151 e. The molecule has 3 N–H and O–H groups in total. The molecule has 0 heterocycles. The largest absolute Gasteiger partial charge is 0.508 e. The Morgan fingerprint density at radius 3 is 1.71 bits per heavy atom. The molecule has 4 rings (SSSR count). The van der Waals surface area contributed by atoms with E-state index in [0.29, 0.717) is 28.6 Å². The number of aryl methyl sites for hydroxylation is 3. The molecule has 0 fully saturated rings. The standard InChI is InChI=1S/C29H29NO4/c1-17-10-13-24(32)28(20(17)4)30(29-21(5)18(2)11-14-25(29)33)23-8-6-7-9-27(23)34-26-15-12-22(31)16-19(26)3/h6-16,31-33H,1-5H3. The van der Waals surface area contributed by atoms with Crippen LogP contribution >= 0.6 is 0 Å². The Balaban J connectivity index is 2.01. The monoisotopic (exact) mass is 455 g/mol. The molecule has 0 unspecified atom stereocenters. The van der Waals surface area contributed by atoms with Gasteiger partial charge in [0.2, 0.25) is 0 Å². The Morgan fingerprint density at radius 1 is 0.588 bits per heavy atom. The number of para-hydroxylation sites is 2. The minimum atomic E-state index is 0.0963. The van der Waals surface area contributed by atoms with Crippen LogP contribution in [-0.2, 0) is 0 Å². The second-order valence-electron chi connectivity index (χ2n) is 8.61. The number of aromatic hydroxyl groups is 3. The number of rotatable bonds is 5. The maximum atomic E-state index is 11.0. The fourth-order valence-corrected chi connectivity index (χ4v) is 4.09. The number of phenolic OH excluding ortho intramolecular Hbond substituents is 3. The van der Waals surface area contributed by atoms with Gasteiger partial charge in [0.05, 0.1) is 17.1 Å². The van der Waals surface area contributed by atoms with Crippen LogP contribution in [0.3, 0.4) is 0 Å². The second kappa shape index (κ2) is 9.02. The van der Waals surface area contributed by atoms with Crippen LogP contribution in [0.5, 0.6) is 28.7 Å². The SMILES string of the molecule is Cc1cc(O)ccc1Oc1ccccc1N(c1c(O)ccc(C)c1C)c1c(O)ccc(C)c1C. The summed E-state index contributed by atoms with van der Waals surface area (Å²) >= 11 is 0. The fraction of sp³-hybridized carbons (Fsp3) is 0.172. The van der Waals surface area contributed by atoms with E-state index in [4.69, 9.17) is 4.74 Å². The summed E-state index contributed by atoms with van der Waals surface area (Å²) in [7, 11) is 0. The van der Waals surface area contributed by atoms with Gasteiger partial charge in [-0.1, -0.05) is 24.3 Å². The van der Waals surface area contributed by atoms with Gasteiger partial charge in [-0.2, -0.15) is 0 Å². The molecule has 0 atom stereocenters. The van der Waals surface area contributed by atoms with Gasteiger partial charge in [0.25, 0.3) is 0 Å². The molecule has 0 saturated heterocycles. The Labute approximate surface area is 200 Å². The van der Waals surface area contributed by atoms with Gasteiger partial charge in [0.15, 0.2) is 5.75 Å². The fourth-order valence-electron chi connectivity index (χ4n) is 4.09. The molecule has 0 bridgehead atoms. The molecule has 0 amide bonds. The van der Waals surface area contributed by atoms with Crippen LogP contribution in [0.15, 0.2) is 66.7 Å². The number of ether oxygens (including phenoxy) is 1. The normalized spacial score (nSPS) is 10.9. The van der Waals surface area contributed by atoms with E-state index in [2.05, 4.69) is 0 Å². The molecule has 0 aliphatic carbocycles. The van der Waals surface area contributed by atoms with Crippen molar-refractivity contribution in [2.75, 3.05) is 4.90 Å². The van der Waals surface area contributed by atoms with Crippen LogP contribution < -0.4 is 9.64 Å². The Bertz CT molecular complexity index is 1320. The van der Waals surface area contributed by atoms with Crippen molar-refractivity contribution in [3.8, 4) is 28.7 Å². The predicted molar refractivity (Wildman–Crippen MR) is 136 cm³/mol. The van der Waals surface area contributed by atoms with E-state index in [9.17, 15) is 15.3 Å². The van der Waals surface area contributed by atoms with Gasteiger partial charge in [-0.15, -0.1) is 0 Å². The summed E-state index contributed by atoms with van der Waals surface area (Å²) < 4.78 is 6.32. The number of hydrogen-bond donors (Lipinski definition) is 3. The Kier molecular flexibility index (Phi) is 6.12. The van der Waals surface area contributed by atoms with Crippen molar-refractivity contribution in [1.82, 2.24) is 0 Å². The molecule has 0 radical (unpaired) electrons. The van der Waals surface area contributed by atoms with E-state index in [-0.39, 0.29) is 17.2 Å². The lowest BCUT2D eigenvalue weighted by Gasteiger charge is -2.31. The van der Waals surface area contributed by atoms with Gasteiger partial charge in [-0.3, -0.25) is 4.90 Å². The maximum absolute atomic E-state index is 11.0. The number of phenols is 3. The zero-order valence-corrected chi connectivity index (χ0v) is 20.0. The Hall–Kier alpha value is -4.12. The average molecular weight is 456 g/mol. The molecule has 0 aliphatic rings. The van der Waals surface area contributed by atoms with Crippen molar-refractivity contribution >= 4 is 17.1 Å². The molecule has 0 aliphatic heterocycles. The summed E-state index contributed by atoms with van der Waals surface area (Å²) in [5.41, 5.74) is 6.37. The zero-order chi connectivity index (χ0) is 24.6. The molecule has 34 heavy (non-hydrogen) atoms. The molecular formula is C29H29NO4. The van der Waals surface area contributed by atoms with E-state index in [0.717, 1.165) is 27.8 Å². The molecule has 4 aromatic rings. The molecule has 0 saturated carbocycles. The van der Waals surface area contributed by atoms with E-state index in [1.165, 1.54) is 0 Å². The lowest BCUT2D eigenvalue weighted by Crippen LogP contribution is -2.15. The van der Waals surface area contributed by atoms with Crippen molar-refractivity contribution in [3.05, 3.63) is 94.5 Å². The van der Waals surface area contributed by atoms with Gasteiger partial charge in [0, 0.05) is 0 Å². The van der Waals surface area contributed by atoms with Gasteiger partial charge in [-0.25, -0.2) is 0 Å². The van der Waals surface area contributed by atoms with Crippen molar-refractivity contribution in [2.45, 2.75) is 34.6 Å². The minimum absolute atomic E-state index is 0.0963. The third-order valence-corrected chi connectivity index (χ3v) is 6.29. The molecule has 5 heteroatoms. The highest BCUT2D eigenvalue weighted by Gasteiger charge is 2.26. The zero-order valence-electron chi connectivity index (χ0n) is 20.0. The van der Waals surface area contributed by atoms with Gasteiger partial charge in [0.1, 0.15) is 23.0 Å². The third-order valence-electron chi connectivity index (χ3n) is 6.29. The van der Waals surface area contributed by atoms with Crippen LogP contribution in [0.4, 0.5) is 17.1 Å². The molecular weight excluding hydrogens is 426 g/mol. The summed E-state index contributed by atoms with van der Waals surface area (Å²) in [5, 5.41) is 31.8. The molecule has 0 spiro atoms. The number of anilines is 3. The highest BCUT2D eigenvalue weighted by molar-refractivity contribution is 5.89. The van der Waals surface area contributed by atoms with Crippen LogP contribution in [0, 0.1) is 34.6 Å². The summed E-state index contributed by atoms with van der Waals surface area (Å²) in [6, 6.07) is 19.5. The molecule has 174 valence electrons. The van der Waals surface area contributed by atoms with E-state index >= 15 is 0 Å². The first kappa shape index (κ1) is 23.1. The van der Waals surface area contributed by atoms with Crippen LogP contribution in [0.1, 0.15) is 27.8 Å². The first-order chi connectivity index (χ1) is 16.2. The van der Waals surface area contributed by atoms with E-state index < -0.39 is 0 Å². The number of hydrogen-bond acceptors (Lipinski definition) is 5. The quantitative estimate of drug-likeness (QED) is 0.289. The van der Waals surface area contributed by atoms with Crippen LogP contribution in [-0.4, -0.2) is 15.3 Å². The predicted octanol–water partition coefficient (Wildman–Crippen LogP) is 7.61. The number of benzene rings is 4. The molecule has 0 aromatic heterocycles. The number of nitrogens with zero attached hydrogens (tertiary/aromatic N) is 1. The van der Waals surface area contributed by atoms with Crippen LogP contribution in [0.2, 0.25) is 0 Å². The highest BCUT2D eigenvalue weighted by atomic mass is 16.5. The lowest BCUT2D eigenvalue weighted by atomic mass is 10.0. The lowest BCUT2D eigenvalue weighted by molar-refractivity contribution is 0.460. The van der Waals surface area contributed by atoms with Crippen molar-refractivity contribution in [1.29, 1.82) is 0 Å². The smallest absolute Gasteiger partial charge is 0.151 e. The average Bonchev–Trinajstić information content (AvgIpc) is 2.80. The third kappa shape index (κ3) is 4.13.